The number of aromatic carboxylic acids is 1. The van der Waals surface area contributed by atoms with Gasteiger partial charge in [-0.1, -0.05) is 12.1 Å². The number of hydrogen-bond acceptors (Lipinski definition) is 3. The van der Waals surface area contributed by atoms with E-state index >= 15 is 0 Å². The molecule has 0 aliphatic heterocycles. The maximum absolute atomic E-state index is 12.2. The fourth-order valence-corrected chi connectivity index (χ4v) is 4.36. The number of hydrogen-bond donors (Lipinski definition) is 1. The van der Waals surface area contributed by atoms with Crippen molar-refractivity contribution in [3.63, 3.8) is 0 Å². The lowest BCUT2D eigenvalue weighted by molar-refractivity contribution is 0.0701. The molecule has 0 fully saturated rings. The molecule has 0 aliphatic carbocycles. The van der Waals surface area contributed by atoms with Gasteiger partial charge in [-0.3, -0.25) is 4.21 Å². The molecule has 1 N–H and O–H groups in total. The number of thiophene rings is 1. The SMILES string of the molecule is O=C(O)c1sccc1CS(=O)c1ccccc1Br. The summed E-state index contributed by atoms with van der Waals surface area (Å²) in [7, 11) is -1.25. The second-order valence-electron chi connectivity index (χ2n) is 3.50. The van der Waals surface area contributed by atoms with E-state index in [1.54, 1.807) is 17.5 Å². The summed E-state index contributed by atoms with van der Waals surface area (Å²) >= 11 is 4.49. The first-order valence-corrected chi connectivity index (χ1v) is 8.01. The Bertz CT molecular complexity index is 607. The number of carboxylic acid groups (broad SMARTS) is 1. The van der Waals surface area contributed by atoms with Crippen molar-refractivity contribution in [1.29, 1.82) is 0 Å². The van der Waals surface area contributed by atoms with Crippen LogP contribution in [-0.2, 0) is 16.6 Å². The Morgan fingerprint density at radius 3 is 2.72 bits per heavy atom. The first-order chi connectivity index (χ1) is 8.59. The van der Waals surface area contributed by atoms with Crippen LogP contribution in [0.15, 0.2) is 45.1 Å². The molecule has 0 saturated heterocycles. The van der Waals surface area contributed by atoms with E-state index in [2.05, 4.69) is 15.9 Å². The smallest absolute Gasteiger partial charge is 0.346 e. The molecule has 94 valence electrons. The zero-order valence-corrected chi connectivity index (χ0v) is 12.3. The van der Waals surface area contributed by atoms with Gasteiger partial charge in [-0.05, 0) is 45.1 Å². The van der Waals surface area contributed by atoms with Gasteiger partial charge in [0.2, 0.25) is 0 Å². The quantitative estimate of drug-likeness (QED) is 0.923. The summed E-state index contributed by atoms with van der Waals surface area (Å²) in [4.78, 5) is 11.9. The number of benzene rings is 1. The van der Waals surface area contributed by atoms with Crippen LogP contribution in [-0.4, -0.2) is 15.3 Å². The summed E-state index contributed by atoms with van der Waals surface area (Å²) < 4.78 is 13.0. The molecule has 0 amide bonds. The van der Waals surface area contributed by atoms with Crippen molar-refractivity contribution >= 4 is 44.0 Å². The van der Waals surface area contributed by atoms with Crippen molar-refractivity contribution < 1.29 is 14.1 Å². The molecule has 2 rings (SSSR count). The van der Waals surface area contributed by atoms with E-state index in [1.807, 2.05) is 18.2 Å². The molecular weight excluding hydrogens is 336 g/mol. The van der Waals surface area contributed by atoms with E-state index < -0.39 is 16.8 Å². The summed E-state index contributed by atoms with van der Waals surface area (Å²) in [5.74, 6) is -0.752. The van der Waals surface area contributed by atoms with Gasteiger partial charge in [0.25, 0.3) is 0 Å². The lowest BCUT2D eigenvalue weighted by atomic mass is 10.3. The van der Waals surface area contributed by atoms with Crippen LogP contribution >= 0.6 is 27.3 Å². The Morgan fingerprint density at radius 1 is 1.33 bits per heavy atom. The highest BCUT2D eigenvalue weighted by Crippen LogP contribution is 2.24. The van der Waals surface area contributed by atoms with E-state index in [0.717, 1.165) is 15.8 Å². The summed E-state index contributed by atoms with van der Waals surface area (Å²) in [5, 5.41) is 10.7. The second kappa shape index (κ2) is 5.77. The first kappa shape index (κ1) is 13.5. The lowest BCUT2D eigenvalue weighted by Crippen LogP contribution is -2.02. The van der Waals surface area contributed by atoms with Crippen molar-refractivity contribution in [3.05, 3.63) is 50.6 Å². The molecule has 0 aliphatic rings. The maximum Gasteiger partial charge on any atom is 0.346 e. The molecule has 0 bridgehead atoms. The normalized spacial score (nSPS) is 12.3. The van der Waals surface area contributed by atoms with Gasteiger partial charge in [0.1, 0.15) is 4.88 Å². The number of halogens is 1. The van der Waals surface area contributed by atoms with Crippen LogP contribution in [0.4, 0.5) is 0 Å². The molecule has 18 heavy (non-hydrogen) atoms. The minimum absolute atomic E-state index is 0.216. The predicted octanol–water partition coefficient (Wildman–Crippen LogP) is 3.52. The third-order valence-corrected chi connectivity index (χ3v) is 5.63. The van der Waals surface area contributed by atoms with E-state index in [1.165, 1.54) is 0 Å². The molecular formula is C12H9BrO3S2. The minimum atomic E-state index is -1.25. The third-order valence-electron chi connectivity index (χ3n) is 2.31. The number of rotatable bonds is 4. The van der Waals surface area contributed by atoms with Crippen LogP contribution in [0.5, 0.6) is 0 Å². The fourth-order valence-electron chi connectivity index (χ4n) is 1.49. The van der Waals surface area contributed by atoms with Crippen LogP contribution < -0.4 is 0 Å². The Morgan fingerprint density at radius 2 is 2.06 bits per heavy atom. The standard InChI is InChI=1S/C12H9BrO3S2/c13-9-3-1-2-4-10(9)18(16)7-8-5-6-17-11(8)12(14)15/h1-6H,7H2,(H,14,15). The summed E-state index contributed by atoms with van der Waals surface area (Å²) in [6.07, 6.45) is 0. The number of carboxylic acids is 1. The Kier molecular flexibility index (Phi) is 4.31. The zero-order chi connectivity index (χ0) is 13.1. The Balaban J connectivity index is 2.25. The molecule has 3 nitrogen and oxygen atoms in total. The molecule has 6 heteroatoms. The summed E-state index contributed by atoms with van der Waals surface area (Å²) in [5.41, 5.74) is 0.613. The molecule has 1 atom stereocenters. The lowest BCUT2D eigenvalue weighted by Gasteiger charge is -2.04. The van der Waals surface area contributed by atoms with Crippen molar-refractivity contribution in [2.45, 2.75) is 10.6 Å². The average Bonchev–Trinajstić information content (AvgIpc) is 2.77. The van der Waals surface area contributed by atoms with Gasteiger partial charge < -0.3 is 5.11 Å². The van der Waals surface area contributed by atoms with E-state index in [9.17, 15) is 9.00 Å². The highest BCUT2D eigenvalue weighted by atomic mass is 79.9. The monoisotopic (exact) mass is 344 g/mol. The van der Waals surface area contributed by atoms with E-state index in [0.29, 0.717) is 10.5 Å². The van der Waals surface area contributed by atoms with Crippen LogP contribution in [0.1, 0.15) is 15.2 Å². The summed E-state index contributed by atoms with van der Waals surface area (Å²) in [6.45, 7) is 0. The molecule has 1 heterocycles. The molecule has 0 radical (unpaired) electrons. The van der Waals surface area contributed by atoms with Crippen molar-refractivity contribution in [2.75, 3.05) is 0 Å². The van der Waals surface area contributed by atoms with E-state index in [4.69, 9.17) is 5.11 Å². The maximum atomic E-state index is 12.2. The molecule has 0 spiro atoms. The van der Waals surface area contributed by atoms with Gasteiger partial charge in [0, 0.05) is 4.47 Å². The van der Waals surface area contributed by atoms with Gasteiger partial charge in [-0.25, -0.2) is 4.79 Å². The minimum Gasteiger partial charge on any atom is -0.477 e. The van der Waals surface area contributed by atoms with Crippen LogP contribution in [0.3, 0.4) is 0 Å². The molecule has 0 saturated carbocycles. The molecule has 1 unspecified atom stereocenters. The first-order valence-electron chi connectivity index (χ1n) is 5.02. The largest absolute Gasteiger partial charge is 0.477 e. The topological polar surface area (TPSA) is 54.4 Å². The molecule has 1 aromatic heterocycles. The van der Waals surface area contributed by atoms with Gasteiger partial charge in [-0.2, -0.15) is 0 Å². The number of carbonyl (C=O) groups is 1. The van der Waals surface area contributed by atoms with Crippen molar-refractivity contribution in [2.24, 2.45) is 0 Å². The van der Waals surface area contributed by atoms with Gasteiger partial charge in [0.05, 0.1) is 21.4 Å². The van der Waals surface area contributed by atoms with Gasteiger partial charge in [0.15, 0.2) is 0 Å². The van der Waals surface area contributed by atoms with Gasteiger partial charge in [-0.15, -0.1) is 11.3 Å². The van der Waals surface area contributed by atoms with E-state index in [-0.39, 0.29) is 10.6 Å². The van der Waals surface area contributed by atoms with Gasteiger partial charge >= 0.3 is 5.97 Å². The highest BCUT2D eigenvalue weighted by molar-refractivity contribution is 9.10. The Labute approximate surface area is 119 Å². The zero-order valence-electron chi connectivity index (χ0n) is 9.13. The predicted molar refractivity (Wildman–Crippen MR) is 75.5 cm³/mol. The third kappa shape index (κ3) is 2.88. The molecule has 2 aromatic rings. The summed E-state index contributed by atoms with van der Waals surface area (Å²) in [6, 6.07) is 8.95. The van der Waals surface area contributed by atoms with Crippen LogP contribution in [0.2, 0.25) is 0 Å². The average molecular weight is 345 g/mol. The second-order valence-corrected chi connectivity index (χ2v) is 6.69. The molecule has 1 aromatic carbocycles. The Hall–Kier alpha value is -0.980. The van der Waals surface area contributed by atoms with Crippen LogP contribution in [0, 0.1) is 0 Å². The van der Waals surface area contributed by atoms with Crippen molar-refractivity contribution in [3.8, 4) is 0 Å². The van der Waals surface area contributed by atoms with Crippen molar-refractivity contribution in [1.82, 2.24) is 0 Å². The highest BCUT2D eigenvalue weighted by Gasteiger charge is 2.15. The van der Waals surface area contributed by atoms with Crippen LogP contribution in [0.25, 0.3) is 0 Å². The fraction of sp³-hybridized carbons (Fsp3) is 0.0833.